The molecule has 2 aliphatic rings. The Morgan fingerprint density at radius 3 is 2.56 bits per heavy atom. The first-order chi connectivity index (χ1) is 17.4. The fourth-order valence-corrected chi connectivity index (χ4v) is 5.11. The molecule has 2 aromatic carbocycles. The van der Waals surface area contributed by atoms with Crippen LogP contribution in [0.5, 0.6) is 5.75 Å². The second-order valence-electron chi connectivity index (χ2n) is 9.00. The van der Waals surface area contributed by atoms with Gasteiger partial charge in [0, 0.05) is 36.8 Å². The maximum atomic E-state index is 13.9. The van der Waals surface area contributed by atoms with E-state index in [0.29, 0.717) is 48.6 Å². The van der Waals surface area contributed by atoms with Crippen molar-refractivity contribution in [2.45, 2.75) is 39.0 Å². The van der Waals surface area contributed by atoms with Gasteiger partial charge < -0.3 is 20.3 Å². The number of primary amides is 1. The lowest BCUT2D eigenvalue weighted by molar-refractivity contribution is -0.119. The normalized spacial score (nSPS) is 15.7. The van der Waals surface area contributed by atoms with Crippen LogP contribution >= 0.6 is 0 Å². The van der Waals surface area contributed by atoms with Crippen LogP contribution in [-0.2, 0) is 17.6 Å². The number of carbonyl (C=O) groups is 3. The van der Waals surface area contributed by atoms with Crippen molar-refractivity contribution in [3.05, 3.63) is 65.0 Å². The number of nitrogens with zero attached hydrogens (tertiary/aromatic N) is 4. The minimum Gasteiger partial charge on any atom is -0.494 e. The molecule has 186 valence electrons. The van der Waals surface area contributed by atoms with Gasteiger partial charge in [-0.25, -0.2) is 4.68 Å². The largest absolute Gasteiger partial charge is 0.494 e. The van der Waals surface area contributed by atoms with Gasteiger partial charge in [-0.15, -0.1) is 0 Å². The lowest BCUT2D eigenvalue weighted by atomic mass is 10.0. The second-order valence-corrected chi connectivity index (χ2v) is 9.00. The van der Waals surface area contributed by atoms with Gasteiger partial charge in [0.2, 0.25) is 5.91 Å². The van der Waals surface area contributed by atoms with Crippen LogP contribution in [0.25, 0.3) is 5.69 Å². The summed E-state index contributed by atoms with van der Waals surface area (Å²) in [5.74, 6) is -0.361. The third-order valence-electron chi connectivity index (χ3n) is 6.94. The monoisotopic (exact) mass is 487 g/mol. The molecule has 0 bridgehead atoms. The molecule has 0 spiro atoms. The van der Waals surface area contributed by atoms with Crippen molar-refractivity contribution in [3.8, 4) is 11.4 Å². The molecule has 1 fully saturated rings. The second kappa shape index (κ2) is 9.49. The molecule has 2 N–H and O–H groups in total. The van der Waals surface area contributed by atoms with Crippen LogP contribution in [0.1, 0.15) is 58.3 Å². The summed E-state index contributed by atoms with van der Waals surface area (Å²) in [6.07, 6.45) is 3.54. The highest BCUT2D eigenvalue weighted by atomic mass is 16.5. The van der Waals surface area contributed by atoms with E-state index < -0.39 is 5.91 Å². The molecule has 0 aliphatic carbocycles. The zero-order valence-electron chi connectivity index (χ0n) is 20.5. The van der Waals surface area contributed by atoms with Gasteiger partial charge in [-0.2, -0.15) is 5.10 Å². The number of methoxy groups -OCH3 is 1. The molecule has 9 heteroatoms. The summed E-state index contributed by atoms with van der Waals surface area (Å²) >= 11 is 0. The molecule has 9 nitrogen and oxygen atoms in total. The number of piperidine rings is 1. The number of rotatable bonds is 6. The smallest absolute Gasteiger partial charge is 0.277 e. The highest BCUT2D eigenvalue weighted by molar-refractivity contribution is 6.10. The molecule has 0 radical (unpaired) electrons. The van der Waals surface area contributed by atoms with Gasteiger partial charge in [-0.1, -0.05) is 25.1 Å². The van der Waals surface area contributed by atoms with Crippen LogP contribution in [0.15, 0.2) is 42.5 Å². The van der Waals surface area contributed by atoms with Crippen molar-refractivity contribution in [2.75, 3.05) is 30.0 Å². The average Bonchev–Trinajstić information content (AvgIpc) is 3.30. The number of ether oxygens (including phenoxy) is 1. The van der Waals surface area contributed by atoms with Crippen LogP contribution in [-0.4, -0.2) is 47.7 Å². The van der Waals surface area contributed by atoms with E-state index in [4.69, 9.17) is 10.5 Å². The lowest BCUT2D eigenvalue weighted by Crippen LogP contribution is -2.39. The molecular weight excluding hydrogens is 458 g/mol. The van der Waals surface area contributed by atoms with Crippen molar-refractivity contribution < 1.29 is 19.1 Å². The van der Waals surface area contributed by atoms with E-state index in [1.807, 2.05) is 43.3 Å². The Bertz CT molecular complexity index is 1360. The van der Waals surface area contributed by atoms with Crippen LogP contribution in [0.3, 0.4) is 0 Å². The quantitative estimate of drug-likeness (QED) is 0.574. The summed E-state index contributed by atoms with van der Waals surface area (Å²) in [5.41, 5.74) is 9.74. The highest BCUT2D eigenvalue weighted by Crippen LogP contribution is 2.37. The Balaban J connectivity index is 1.58. The lowest BCUT2D eigenvalue weighted by Gasteiger charge is -2.31. The predicted octanol–water partition coefficient (Wildman–Crippen LogP) is 3.26. The maximum Gasteiger partial charge on any atom is 0.277 e. The topological polar surface area (TPSA) is 111 Å². The van der Waals surface area contributed by atoms with Crippen molar-refractivity contribution in [1.29, 1.82) is 0 Å². The predicted molar refractivity (Wildman–Crippen MR) is 136 cm³/mol. The van der Waals surface area contributed by atoms with Crippen LogP contribution in [0.2, 0.25) is 0 Å². The zero-order chi connectivity index (χ0) is 25.4. The van der Waals surface area contributed by atoms with Gasteiger partial charge in [0.25, 0.3) is 11.8 Å². The number of hydrogen-bond acceptors (Lipinski definition) is 5. The number of carbonyl (C=O) groups excluding carboxylic acids is 3. The van der Waals surface area contributed by atoms with Crippen molar-refractivity contribution in [1.82, 2.24) is 9.78 Å². The minimum atomic E-state index is -0.659. The molecular formula is C27H29N5O4. The first kappa shape index (κ1) is 23.6. The van der Waals surface area contributed by atoms with Crippen LogP contribution in [0, 0.1) is 0 Å². The first-order valence-electron chi connectivity index (χ1n) is 12.2. The standard InChI is InChI=1S/C27H29N5O4/c1-3-17-8-4-5-9-20(17)32-25-19(24(29-32)26(28)34)13-15-31(27(25)35)21-12-11-18(16-22(21)36-2)30-14-7-6-10-23(30)33/h4-5,8-9,11-12,16H,3,6-7,10,13-15H2,1-2H3,(H2,28,34). The van der Waals surface area contributed by atoms with E-state index in [9.17, 15) is 14.4 Å². The number of benzene rings is 2. The Labute approximate surface area is 209 Å². The van der Waals surface area contributed by atoms with Gasteiger partial charge in [-0.05, 0) is 49.4 Å². The molecule has 3 heterocycles. The Morgan fingerprint density at radius 1 is 1.03 bits per heavy atom. The molecule has 3 aromatic rings. The summed E-state index contributed by atoms with van der Waals surface area (Å²) in [7, 11) is 1.55. The third kappa shape index (κ3) is 3.90. The van der Waals surface area contributed by atoms with E-state index in [2.05, 4.69) is 5.10 Å². The van der Waals surface area contributed by atoms with Crippen molar-refractivity contribution in [2.24, 2.45) is 5.73 Å². The Hall–Kier alpha value is -4.14. The molecule has 1 aromatic heterocycles. The molecule has 0 unspecified atom stereocenters. The number of anilines is 2. The van der Waals surface area contributed by atoms with E-state index in [1.165, 1.54) is 0 Å². The van der Waals surface area contributed by atoms with Crippen LogP contribution < -0.4 is 20.3 Å². The summed E-state index contributed by atoms with van der Waals surface area (Å²) in [6, 6.07) is 13.1. The highest BCUT2D eigenvalue weighted by Gasteiger charge is 2.36. The van der Waals surface area contributed by atoms with Gasteiger partial charge in [0.1, 0.15) is 11.4 Å². The van der Waals surface area contributed by atoms with Crippen molar-refractivity contribution in [3.63, 3.8) is 0 Å². The minimum absolute atomic E-state index is 0.0900. The summed E-state index contributed by atoms with van der Waals surface area (Å²) < 4.78 is 7.22. The molecule has 36 heavy (non-hydrogen) atoms. The van der Waals surface area contributed by atoms with Gasteiger partial charge in [0.15, 0.2) is 5.69 Å². The van der Waals surface area contributed by atoms with Gasteiger partial charge >= 0.3 is 0 Å². The number of nitrogens with two attached hydrogens (primary N) is 1. The number of para-hydroxylation sites is 1. The molecule has 0 saturated carbocycles. The Morgan fingerprint density at radius 2 is 1.83 bits per heavy atom. The number of fused-ring (bicyclic) bond motifs is 1. The molecule has 3 amide bonds. The summed E-state index contributed by atoms with van der Waals surface area (Å²) in [5, 5.41) is 4.49. The van der Waals surface area contributed by atoms with E-state index in [0.717, 1.165) is 36.2 Å². The van der Waals surface area contributed by atoms with E-state index >= 15 is 0 Å². The Kier molecular flexibility index (Phi) is 6.22. The zero-order valence-corrected chi connectivity index (χ0v) is 20.5. The number of aryl methyl sites for hydroxylation is 1. The van der Waals surface area contributed by atoms with E-state index in [1.54, 1.807) is 27.7 Å². The first-order valence-corrected chi connectivity index (χ1v) is 12.2. The van der Waals surface area contributed by atoms with E-state index in [-0.39, 0.29) is 17.5 Å². The average molecular weight is 488 g/mol. The molecule has 1 saturated heterocycles. The number of aromatic nitrogens is 2. The molecule has 0 atom stereocenters. The van der Waals surface area contributed by atoms with Crippen LogP contribution in [0.4, 0.5) is 11.4 Å². The van der Waals surface area contributed by atoms with Gasteiger partial charge in [0.05, 0.1) is 18.5 Å². The molecule has 5 rings (SSSR count). The summed E-state index contributed by atoms with van der Waals surface area (Å²) in [4.78, 5) is 42.0. The SMILES string of the molecule is CCc1ccccc1-n1nc(C(N)=O)c2c1C(=O)N(c1ccc(N3CCCCC3=O)cc1OC)CC2. The van der Waals surface area contributed by atoms with Gasteiger partial charge in [-0.3, -0.25) is 14.4 Å². The third-order valence-corrected chi connectivity index (χ3v) is 6.94. The number of hydrogen-bond donors (Lipinski definition) is 1. The fraction of sp³-hybridized carbons (Fsp3) is 0.333. The molecule has 2 aliphatic heterocycles. The maximum absolute atomic E-state index is 13.9. The summed E-state index contributed by atoms with van der Waals surface area (Å²) in [6.45, 7) is 3.03. The number of amides is 3. The fourth-order valence-electron chi connectivity index (χ4n) is 5.11. The van der Waals surface area contributed by atoms with Crippen molar-refractivity contribution >= 4 is 29.1 Å².